The molecule has 1 N–H and O–H groups in total. The van der Waals surface area contributed by atoms with Gasteiger partial charge in [0.05, 0.1) is 0 Å². The van der Waals surface area contributed by atoms with E-state index in [9.17, 15) is 8.42 Å². The molecule has 6 nitrogen and oxygen atoms in total. The third-order valence-corrected chi connectivity index (χ3v) is 6.47. The highest BCUT2D eigenvalue weighted by atomic mass is 32.2. The van der Waals surface area contributed by atoms with E-state index >= 15 is 0 Å². The molecule has 0 amide bonds. The van der Waals surface area contributed by atoms with Gasteiger partial charge in [-0.1, -0.05) is 24.4 Å². The summed E-state index contributed by atoms with van der Waals surface area (Å²) < 4.78 is 32.4. The summed E-state index contributed by atoms with van der Waals surface area (Å²) in [5, 5.41) is 9.58. The molecule has 2 aromatic rings. The van der Waals surface area contributed by atoms with Crippen LogP contribution in [0, 0.1) is 6.92 Å². The molecule has 8 heteroatoms. The molecule has 0 atom stereocenters. The van der Waals surface area contributed by atoms with Gasteiger partial charge < -0.3 is 4.42 Å². The van der Waals surface area contributed by atoms with Crippen molar-refractivity contribution in [2.24, 2.45) is 0 Å². The first-order valence-corrected chi connectivity index (χ1v) is 9.32. The molecule has 2 aromatic heterocycles. The highest BCUT2D eigenvalue weighted by Gasteiger charge is 2.24. The normalized spacial score (nSPS) is 17.0. The van der Waals surface area contributed by atoms with Gasteiger partial charge in [-0.05, 0) is 36.8 Å². The van der Waals surface area contributed by atoms with Crippen molar-refractivity contribution in [3.05, 3.63) is 22.9 Å². The molecular weight excluding hydrogens is 310 g/mol. The Bertz CT molecular complexity index is 715. The van der Waals surface area contributed by atoms with Crippen molar-refractivity contribution in [2.75, 3.05) is 4.72 Å². The molecule has 0 saturated heterocycles. The summed E-state index contributed by atoms with van der Waals surface area (Å²) in [6.45, 7) is 1.85. The number of nitrogens with one attached hydrogen (secondary N) is 1. The second kappa shape index (κ2) is 5.76. The lowest BCUT2D eigenvalue weighted by Gasteiger charge is -2.17. The van der Waals surface area contributed by atoms with Crippen LogP contribution in [0.3, 0.4) is 0 Å². The number of thiophene rings is 1. The minimum atomic E-state index is -3.64. The molecule has 0 aliphatic heterocycles. The second-order valence-electron chi connectivity index (χ2n) is 5.33. The largest absolute Gasteiger partial charge is 0.407 e. The standard InChI is InChI=1S/C13H17N3O3S2/c1-9-7-11(20-8-9)21(17,18)16-13-15-14-12(19-13)10-5-3-2-4-6-10/h7-8,10H,2-6H2,1H3,(H,15,16). The number of hydrogen-bond donors (Lipinski definition) is 1. The van der Waals surface area contributed by atoms with Crippen molar-refractivity contribution in [3.63, 3.8) is 0 Å². The SMILES string of the molecule is Cc1csc(S(=O)(=O)Nc2nnc(C3CCCCC3)o2)c1. The molecule has 1 aliphatic rings. The van der Waals surface area contributed by atoms with Gasteiger partial charge in [-0.15, -0.1) is 16.4 Å². The quantitative estimate of drug-likeness (QED) is 0.931. The Labute approximate surface area is 127 Å². The van der Waals surface area contributed by atoms with Crippen molar-refractivity contribution in [1.82, 2.24) is 10.2 Å². The topological polar surface area (TPSA) is 85.1 Å². The molecular formula is C13H17N3O3S2. The lowest BCUT2D eigenvalue weighted by molar-refractivity contribution is 0.368. The average Bonchev–Trinajstić information content (AvgIpc) is 3.09. The summed E-state index contributed by atoms with van der Waals surface area (Å²) in [5.74, 6) is 0.795. The first-order valence-electron chi connectivity index (χ1n) is 6.96. The van der Waals surface area contributed by atoms with Gasteiger partial charge in [-0.3, -0.25) is 0 Å². The Hall–Kier alpha value is -1.41. The molecule has 114 valence electrons. The van der Waals surface area contributed by atoms with E-state index in [2.05, 4.69) is 14.9 Å². The molecule has 1 saturated carbocycles. The lowest BCUT2D eigenvalue weighted by Crippen LogP contribution is -2.11. The monoisotopic (exact) mass is 327 g/mol. The van der Waals surface area contributed by atoms with E-state index in [0.717, 1.165) is 31.2 Å². The summed E-state index contributed by atoms with van der Waals surface area (Å²) in [6.07, 6.45) is 5.60. The molecule has 2 heterocycles. The fourth-order valence-electron chi connectivity index (χ4n) is 2.50. The van der Waals surface area contributed by atoms with E-state index in [1.54, 1.807) is 11.4 Å². The van der Waals surface area contributed by atoms with Gasteiger partial charge in [0, 0.05) is 5.92 Å². The van der Waals surface area contributed by atoms with Crippen molar-refractivity contribution >= 4 is 27.4 Å². The van der Waals surface area contributed by atoms with Crippen LogP contribution in [0.4, 0.5) is 6.01 Å². The molecule has 1 fully saturated rings. The molecule has 3 rings (SSSR count). The highest BCUT2D eigenvalue weighted by molar-refractivity contribution is 7.94. The summed E-state index contributed by atoms with van der Waals surface area (Å²) in [4.78, 5) is 0. The number of hydrogen-bond acceptors (Lipinski definition) is 6. The van der Waals surface area contributed by atoms with E-state index < -0.39 is 10.0 Å². The summed E-state index contributed by atoms with van der Waals surface area (Å²) in [6, 6.07) is 1.56. The second-order valence-corrected chi connectivity index (χ2v) is 8.15. The van der Waals surface area contributed by atoms with E-state index in [1.807, 2.05) is 6.92 Å². The zero-order valence-corrected chi connectivity index (χ0v) is 13.3. The van der Waals surface area contributed by atoms with Crippen LogP contribution in [-0.4, -0.2) is 18.6 Å². The molecule has 0 radical (unpaired) electrons. The zero-order valence-electron chi connectivity index (χ0n) is 11.7. The maximum Gasteiger partial charge on any atom is 0.329 e. The average molecular weight is 327 g/mol. The molecule has 0 aromatic carbocycles. The number of nitrogens with zero attached hydrogens (tertiary/aromatic N) is 2. The van der Waals surface area contributed by atoms with Crippen molar-refractivity contribution < 1.29 is 12.8 Å². The van der Waals surface area contributed by atoms with Gasteiger partial charge in [0.1, 0.15) is 4.21 Å². The predicted octanol–water partition coefficient (Wildman–Crippen LogP) is 3.29. The smallest absolute Gasteiger partial charge is 0.329 e. The first kappa shape index (κ1) is 14.5. The summed E-state index contributed by atoms with van der Waals surface area (Å²) >= 11 is 1.17. The van der Waals surface area contributed by atoms with Gasteiger partial charge in [-0.25, -0.2) is 13.1 Å². The van der Waals surface area contributed by atoms with E-state index in [0.29, 0.717) is 5.89 Å². The van der Waals surface area contributed by atoms with Crippen LogP contribution in [0.25, 0.3) is 0 Å². The fourth-order valence-corrected chi connectivity index (χ4v) is 4.66. The molecule has 0 bridgehead atoms. The minimum absolute atomic E-state index is 0.0540. The number of anilines is 1. The van der Waals surface area contributed by atoms with Crippen LogP contribution in [0.1, 0.15) is 49.5 Å². The Morgan fingerprint density at radius 1 is 1.29 bits per heavy atom. The molecule has 0 unspecified atom stereocenters. The number of aryl methyl sites for hydroxylation is 1. The fraction of sp³-hybridized carbons (Fsp3) is 0.538. The van der Waals surface area contributed by atoms with Crippen LogP contribution < -0.4 is 4.72 Å². The van der Waals surface area contributed by atoms with Gasteiger partial charge >= 0.3 is 6.01 Å². The van der Waals surface area contributed by atoms with Crippen LogP contribution >= 0.6 is 11.3 Å². The molecule has 0 spiro atoms. The van der Waals surface area contributed by atoms with E-state index in [4.69, 9.17) is 4.42 Å². The molecule has 21 heavy (non-hydrogen) atoms. The summed E-state index contributed by atoms with van der Waals surface area (Å²) in [7, 11) is -3.64. The number of sulfonamides is 1. The minimum Gasteiger partial charge on any atom is -0.407 e. The van der Waals surface area contributed by atoms with E-state index in [1.165, 1.54) is 17.8 Å². The Kier molecular flexibility index (Phi) is 3.99. The van der Waals surface area contributed by atoms with Crippen LogP contribution in [-0.2, 0) is 10.0 Å². The highest BCUT2D eigenvalue weighted by Crippen LogP contribution is 2.32. The van der Waals surface area contributed by atoms with Crippen molar-refractivity contribution in [3.8, 4) is 0 Å². The lowest BCUT2D eigenvalue weighted by atomic mass is 9.89. The van der Waals surface area contributed by atoms with Gasteiger partial charge in [0.15, 0.2) is 0 Å². The summed E-state index contributed by atoms with van der Waals surface area (Å²) in [5.41, 5.74) is 0.911. The van der Waals surface area contributed by atoms with Crippen LogP contribution in [0.15, 0.2) is 20.1 Å². The van der Waals surface area contributed by atoms with Gasteiger partial charge in [0.2, 0.25) is 5.89 Å². The third kappa shape index (κ3) is 3.26. The first-order chi connectivity index (χ1) is 10.0. The Balaban J connectivity index is 1.74. The Morgan fingerprint density at radius 2 is 2.05 bits per heavy atom. The number of aromatic nitrogens is 2. The molecule has 1 aliphatic carbocycles. The maximum absolute atomic E-state index is 12.2. The third-order valence-electron chi connectivity index (χ3n) is 3.59. The van der Waals surface area contributed by atoms with Crippen LogP contribution in [0.5, 0.6) is 0 Å². The zero-order chi connectivity index (χ0) is 14.9. The van der Waals surface area contributed by atoms with Crippen LogP contribution in [0.2, 0.25) is 0 Å². The van der Waals surface area contributed by atoms with Gasteiger partial charge in [-0.2, -0.15) is 0 Å². The van der Waals surface area contributed by atoms with E-state index in [-0.39, 0.29) is 16.1 Å². The number of rotatable bonds is 4. The van der Waals surface area contributed by atoms with Gasteiger partial charge in [0.25, 0.3) is 10.0 Å². The predicted molar refractivity (Wildman–Crippen MR) is 80.0 cm³/mol. The maximum atomic E-state index is 12.2. The Morgan fingerprint density at radius 3 is 2.71 bits per heavy atom. The van der Waals surface area contributed by atoms with Crippen molar-refractivity contribution in [1.29, 1.82) is 0 Å². The van der Waals surface area contributed by atoms with Crippen molar-refractivity contribution in [2.45, 2.75) is 49.2 Å².